The number of nitrogens with zero attached hydrogens (tertiary/aromatic N) is 2. The second-order valence-electron chi connectivity index (χ2n) is 5.56. The summed E-state index contributed by atoms with van der Waals surface area (Å²) in [4.78, 5) is 5.09. The third kappa shape index (κ3) is 4.04. The molecular formula is C13H27N3. The van der Waals surface area contributed by atoms with Gasteiger partial charge >= 0.3 is 0 Å². The highest BCUT2D eigenvalue weighted by Crippen LogP contribution is 2.18. The predicted molar refractivity (Wildman–Crippen MR) is 68.8 cm³/mol. The molecule has 1 N–H and O–H groups in total. The zero-order valence-electron chi connectivity index (χ0n) is 10.9. The van der Waals surface area contributed by atoms with E-state index in [1.165, 1.54) is 51.9 Å². The first-order chi connectivity index (χ1) is 7.75. The molecule has 0 bridgehead atoms. The average Bonchev–Trinajstić information content (AvgIpc) is 2.97. The maximum absolute atomic E-state index is 3.61. The first-order valence-corrected chi connectivity index (χ1v) is 6.91. The summed E-state index contributed by atoms with van der Waals surface area (Å²) in [6.45, 7) is 8.60. The van der Waals surface area contributed by atoms with Gasteiger partial charge in [0, 0.05) is 31.7 Å². The largest absolute Gasteiger partial charge is 0.312 e. The van der Waals surface area contributed by atoms with Gasteiger partial charge in [0.05, 0.1) is 0 Å². The summed E-state index contributed by atoms with van der Waals surface area (Å²) in [7, 11) is 2.26. The molecule has 1 aliphatic carbocycles. The minimum atomic E-state index is 0.670. The topological polar surface area (TPSA) is 18.5 Å². The Morgan fingerprint density at radius 3 is 2.62 bits per heavy atom. The third-order valence-corrected chi connectivity index (χ3v) is 4.00. The summed E-state index contributed by atoms with van der Waals surface area (Å²) in [5.74, 6) is 0. The Morgan fingerprint density at radius 2 is 2.00 bits per heavy atom. The van der Waals surface area contributed by atoms with Gasteiger partial charge in [0.2, 0.25) is 0 Å². The molecule has 2 fully saturated rings. The van der Waals surface area contributed by atoms with E-state index < -0.39 is 0 Å². The molecule has 1 atom stereocenters. The van der Waals surface area contributed by atoms with Crippen molar-refractivity contribution in [2.24, 2.45) is 0 Å². The van der Waals surface area contributed by atoms with Gasteiger partial charge in [0.1, 0.15) is 0 Å². The van der Waals surface area contributed by atoms with Gasteiger partial charge in [0.15, 0.2) is 0 Å². The second kappa shape index (κ2) is 5.99. The molecule has 94 valence electrons. The molecule has 1 heterocycles. The van der Waals surface area contributed by atoms with Gasteiger partial charge in [-0.2, -0.15) is 0 Å². The Morgan fingerprint density at radius 1 is 1.31 bits per heavy atom. The lowest BCUT2D eigenvalue weighted by molar-refractivity contribution is 0.211. The lowest BCUT2D eigenvalue weighted by atomic mass is 10.3. The van der Waals surface area contributed by atoms with E-state index in [1.807, 2.05) is 0 Å². The van der Waals surface area contributed by atoms with Gasteiger partial charge in [-0.15, -0.1) is 0 Å². The highest BCUT2D eigenvalue weighted by molar-refractivity contribution is 4.82. The van der Waals surface area contributed by atoms with E-state index in [1.54, 1.807) is 0 Å². The van der Waals surface area contributed by atoms with E-state index in [-0.39, 0.29) is 0 Å². The van der Waals surface area contributed by atoms with Crippen molar-refractivity contribution < 1.29 is 0 Å². The third-order valence-electron chi connectivity index (χ3n) is 4.00. The van der Waals surface area contributed by atoms with Gasteiger partial charge in [-0.1, -0.05) is 0 Å². The van der Waals surface area contributed by atoms with Crippen LogP contribution in [0.5, 0.6) is 0 Å². The van der Waals surface area contributed by atoms with Crippen molar-refractivity contribution in [2.45, 2.75) is 44.7 Å². The van der Waals surface area contributed by atoms with Crippen LogP contribution in [0.4, 0.5) is 0 Å². The molecule has 0 radical (unpaired) electrons. The molecule has 1 saturated carbocycles. The van der Waals surface area contributed by atoms with Gasteiger partial charge in [-0.3, -0.25) is 0 Å². The highest BCUT2D eigenvalue weighted by Gasteiger charge is 2.22. The van der Waals surface area contributed by atoms with Crippen molar-refractivity contribution in [3.8, 4) is 0 Å². The molecule has 1 aliphatic heterocycles. The number of rotatable bonds is 7. The Balaban J connectivity index is 1.55. The standard InChI is InChI=1S/C13H27N3/c1-12(11-14-13-5-6-13)15(2)9-10-16-7-3-4-8-16/h12-14H,3-11H2,1-2H3. The van der Waals surface area contributed by atoms with Crippen molar-refractivity contribution >= 4 is 0 Å². The summed E-state index contributed by atoms with van der Waals surface area (Å²) >= 11 is 0. The minimum absolute atomic E-state index is 0.670. The minimum Gasteiger partial charge on any atom is -0.312 e. The van der Waals surface area contributed by atoms with Crippen molar-refractivity contribution in [1.82, 2.24) is 15.1 Å². The van der Waals surface area contributed by atoms with Crippen LogP contribution in [0.1, 0.15) is 32.6 Å². The number of likely N-dealkylation sites (tertiary alicyclic amines) is 1. The molecule has 0 aromatic rings. The molecule has 16 heavy (non-hydrogen) atoms. The average molecular weight is 225 g/mol. The van der Waals surface area contributed by atoms with E-state index in [0.717, 1.165) is 12.6 Å². The van der Waals surface area contributed by atoms with Crippen LogP contribution in [0.15, 0.2) is 0 Å². The first-order valence-electron chi connectivity index (χ1n) is 6.91. The lowest BCUT2D eigenvalue weighted by Crippen LogP contribution is -2.42. The van der Waals surface area contributed by atoms with Crippen LogP contribution in [-0.4, -0.2) is 61.7 Å². The Bertz CT molecular complexity index is 197. The molecule has 1 saturated heterocycles. The van der Waals surface area contributed by atoms with E-state index >= 15 is 0 Å². The normalized spacial score (nSPS) is 24.2. The quantitative estimate of drug-likeness (QED) is 0.701. The number of likely N-dealkylation sites (N-methyl/N-ethyl adjacent to an activating group) is 1. The number of hydrogen-bond acceptors (Lipinski definition) is 3. The summed E-state index contributed by atoms with van der Waals surface area (Å²) in [6.07, 6.45) is 5.60. The fraction of sp³-hybridized carbons (Fsp3) is 1.00. The van der Waals surface area contributed by atoms with Crippen molar-refractivity contribution in [1.29, 1.82) is 0 Å². The van der Waals surface area contributed by atoms with E-state index in [2.05, 4.69) is 29.1 Å². The van der Waals surface area contributed by atoms with Crippen LogP contribution in [0, 0.1) is 0 Å². The van der Waals surface area contributed by atoms with Crippen LogP contribution in [0.25, 0.3) is 0 Å². The molecule has 2 aliphatic rings. The zero-order valence-corrected chi connectivity index (χ0v) is 10.9. The van der Waals surface area contributed by atoms with E-state index in [4.69, 9.17) is 0 Å². The molecule has 0 spiro atoms. The van der Waals surface area contributed by atoms with Gasteiger partial charge < -0.3 is 15.1 Å². The summed E-state index contributed by atoms with van der Waals surface area (Å²) < 4.78 is 0. The second-order valence-corrected chi connectivity index (χ2v) is 5.56. The van der Waals surface area contributed by atoms with Crippen LogP contribution in [0.3, 0.4) is 0 Å². The summed E-state index contributed by atoms with van der Waals surface area (Å²) in [6, 6.07) is 1.51. The fourth-order valence-electron chi connectivity index (χ4n) is 2.31. The molecule has 0 amide bonds. The Labute approximate surface area is 100 Å². The number of hydrogen-bond donors (Lipinski definition) is 1. The van der Waals surface area contributed by atoms with Crippen LogP contribution >= 0.6 is 0 Å². The van der Waals surface area contributed by atoms with Crippen molar-refractivity contribution in [2.75, 3.05) is 39.8 Å². The van der Waals surface area contributed by atoms with Crippen molar-refractivity contribution in [3.63, 3.8) is 0 Å². The maximum atomic E-state index is 3.61. The van der Waals surface area contributed by atoms with E-state index in [0.29, 0.717) is 6.04 Å². The molecule has 0 aromatic heterocycles. The lowest BCUT2D eigenvalue weighted by Gasteiger charge is -2.27. The molecule has 2 rings (SSSR count). The maximum Gasteiger partial charge on any atom is 0.0189 e. The molecular weight excluding hydrogens is 198 g/mol. The zero-order chi connectivity index (χ0) is 11.4. The highest BCUT2D eigenvalue weighted by atomic mass is 15.2. The Kier molecular flexibility index (Phi) is 4.62. The van der Waals surface area contributed by atoms with Crippen LogP contribution in [-0.2, 0) is 0 Å². The van der Waals surface area contributed by atoms with E-state index in [9.17, 15) is 0 Å². The van der Waals surface area contributed by atoms with Crippen LogP contribution < -0.4 is 5.32 Å². The molecule has 1 unspecified atom stereocenters. The molecule has 3 nitrogen and oxygen atoms in total. The first kappa shape index (κ1) is 12.3. The Hall–Kier alpha value is -0.120. The van der Waals surface area contributed by atoms with Gasteiger partial charge in [0.25, 0.3) is 0 Å². The SMILES string of the molecule is CC(CNC1CC1)N(C)CCN1CCCC1. The number of nitrogens with one attached hydrogen (secondary N) is 1. The summed E-state index contributed by atoms with van der Waals surface area (Å²) in [5, 5.41) is 3.61. The van der Waals surface area contributed by atoms with Gasteiger partial charge in [-0.25, -0.2) is 0 Å². The van der Waals surface area contributed by atoms with Crippen molar-refractivity contribution in [3.05, 3.63) is 0 Å². The monoisotopic (exact) mass is 225 g/mol. The van der Waals surface area contributed by atoms with Crippen LogP contribution in [0.2, 0.25) is 0 Å². The predicted octanol–water partition coefficient (Wildman–Crippen LogP) is 1.15. The summed E-state index contributed by atoms with van der Waals surface area (Å²) in [5.41, 5.74) is 0. The smallest absolute Gasteiger partial charge is 0.0189 e. The van der Waals surface area contributed by atoms with Gasteiger partial charge in [-0.05, 0) is 52.7 Å². The fourth-order valence-corrected chi connectivity index (χ4v) is 2.31. The molecule has 0 aromatic carbocycles. The molecule has 3 heteroatoms.